The number of hydrogen-bond donors (Lipinski definition) is 0. The summed E-state index contributed by atoms with van der Waals surface area (Å²) in [5, 5.41) is 0. The van der Waals surface area contributed by atoms with Crippen molar-refractivity contribution in [2.24, 2.45) is 11.3 Å². The molecule has 16 heavy (non-hydrogen) atoms. The van der Waals surface area contributed by atoms with Gasteiger partial charge >= 0.3 is 0 Å². The predicted molar refractivity (Wildman–Crippen MR) is 66.5 cm³/mol. The summed E-state index contributed by atoms with van der Waals surface area (Å²) in [4.78, 5) is 12.3. The van der Waals surface area contributed by atoms with E-state index in [9.17, 15) is 4.79 Å². The van der Waals surface area contributed by atoms with Crippen molar-refractivity contribution in [1.29, 1.82) is 0 Å². The third kappa shape index (κ3) is 3.58. The van der Waals surface area contributed by atoms with Gasteiger partial charge in [0.2, 0.25) is 0 Å². The van der Waals surface area contributed by atoms with Gasteiger partial charge in [-0.1, -0.05) is 26.7 Å². The molecule has 0 heterocycles. The Kier molecular flexibility index (Phi) is 4.97. The Morgan fingerprint density at radius 3 is 2.19 bits per heavy atom. The largest absolute Gasteiger partial charge is 0.371 e. The number of carbonyl (C=O) groups is 1. The van der Waals surface area contributed by atoms with Gasteiger partial charge in [0.1, 0.15) is 6.61 Å². The third-order valence-electron chi connectivity index (χ3n) is 3.50. The summed E-state index contributed by atoms with van der Waals surface area (Å²) >= 11 is 0. The number of ketones is 1. The zero-order chi connectivity index (χ0) is 12.2. The van der Waals surface area contributed by atoms with Crippen LogP contribution in [0.3, 0.4) is 0 Å². The van der Waals surface area contributed by atoms with E-state index in [1.54, 1.807) is 0 Å². The van der Waals surface area contributed by atoms with Gasteiger partial charge < -0.3 is 4.74 Å². The first-order chi connectivity index (χ1) is 7.46. The molecule has 0 spiro atoms. The summed E-state index contributed by atoms with van der Waals surface area (Å²) in [5.41, 5.74) is -0.0525. The lowest BCUT2D eigenvalue weighted by molar-refractivity contribution is -0.135. The van der Waals surface area contributed by atoms with Gasteiger partial charge in [0.15, 0.2) is 5.78 Å². The van der Waals surface area contributed by atoms with Gasteiger partial charge in [-0.2, -0.15) is 0 Å². The molecular formula is C14H26O2. The molecule has 1 fully saturated rings. The first kappa shape index (κ1) is 13.7. The molecule has 0 radical (unpaired) electrons. The number of carbonyl (C=O) groups excluding carboxylic acids is 1. The average molecular weight is 226 g/mol. The highest BCUT2D eigenvalue weighted by atomic mass is 16.5. The van der Waals surface area contributed by atoms with Crippen LogP contribution in [0.5, 0.6) is 0 Å². The summed E-state index contributed by atoms with van der Waals surface area (Å²) in [6.45, 7) is 8.69. The van der Waals surface area contributed by atoms with Crippen LogP contribution in [0.4, 0.5) is 0 Å². The van der Waals surface area contributed by atoms with Crippen molar-refractivity contribution in [2.75, 3.05) is 6.61 Å². The molecule has 1 rings (SSSR count). The van der Waals surface area contributed by atoms with E-state index in [-0.39, 0.29) is 11.5 Å². The maximum Gasteiger partial charge on any atom is 0.164 e. The molecule has 0 amide bonds. The van der Waals surface area contributed by atoms with Crippen molar-refractivity contribution in [3.63, 3.8) is 0 Å². The highest BCUT2D eigenvalue weighted by Crippen LogP contribution is 2.44. The molecular weight excluding hydrogens is 200 g/mol. The first-order valence-electron chi connectivity index (χ1n) is 6.61. The highest BCUT2D eigenvalue weighted by Gasteiger charge is 2.40. The number of ether oxygens (including phenoxy) is 1. The number of hydrogen-bond acceptors (Lipinski definition) is 2. The molecule has 0 N–H and O–H groups in total. The maximum absolute atomic E-state index is 12.3. The molecule has 0 atom stereocenters. The molecule has 94 valence electrons. The molecule has 1 aliphatic carbocycles. The quantitative estimate of drug-likeness (QED) is 0.692. The van der Waals surface area contributed by atoms with Crippen LogP contribution in [-0.4, -0.2) is 18.5 Å². The molecule has 1 saturated carbocycles. The normalized spacial score (nSPS) is 19.6. The van der Waals surface area contributed by atoms with Gasteiger partial charge in [0, 0.05) is 5.41 Å². The number of rotatable bonds is 6. The van der Waals surface area contributed by atoms with E-state index < -0.39 is 0 Å². The molecule has 1 aliphatic rings. The Labute approximate surface area is 99.8 Å². The Bertz CT molecular complexity index is 225. The SMILES string of the molecule is CC(C)CC1(C(=O)COC(C)C)CCCC1. The molecule has 2 heteroatoms. The van der Waals surface area contributed by atoms with Crippen LogP contribution in [0.1, 0.15) is 59.8 Å². The smallest absolute Gasteiger partial charge is 0.164 e. The minimum Gasteiger partial charge on any atom is -0.371 e. The minimum absolute atomic E-state index is 0.0525. The maximum atomic E-state index is 12.3. The van der Waals surface area contributed by atoms with Crippen LogP contribution in [0, 0.1) is 11.3 Å². The molecule has 0 aromatic heterocycles. The molecule has 2 nitrogen and oxygen atoms in total. The fourth-order valence-corrected chi connectivity index (χ4v) is 2.83. The van der Waals surface area contributed by atoms with Gasteiger partial charge in [0.25, 0.3) is 0 Å². The van der Waals surface area contributed by atoms with Crippen LogP contribution in [0.2, 0.25) is 0 Å². The van der Waals surface area contributed by atoms with Gasteiger partial charge in [-0.05, 0) is 39.0 Å². The van der Waals surface area contributed by atoms with E-state index in [2.05, 4.69) is 13.8 Å². The second kappa shape index (κ2) is 5.81. The summed E-state index contributed by atoms with van der Waals surface area (Å²) in [6, 6.07) is 0. The standard InChI is InChI=1S/C14H26O2/c1-11(2)9-14(7-5-6-8-14)13(15)10-16-12(3)4/h11-12H,5-10H2,1-4H3. The first-order valence-corrected chi connectivity index (χ1v) is 6.61. The second-order valence-electron chi connectivity index (χ2n) is 5.87. The van der Waals surface area contributed by atoms with Crippen molar-refractivity contribution >= 4 is 5.78 Å². The van der Waals surface area contributed by atoms with Crippen LogP contribution < -0.4 is 0 Å². The van der Waals surface area contributed by atoms with Gasteiger partial charge in [-0.3, -0.25) is 4.79 Å². The van der Waals surface area contributed by atoms with Crippen LogP contribution in [0.25, 0.3) is 0 Å². The molecule has 0 aromatic carbocycles. The average Bonchev–Trinajstić information content (AvgIpc) is 2.62. The van der Waals surface area contributed by atoms with Crippen molar-refractivity contribution in [1.82, 2.24) is 0 Å². The third-order valence-corrected chi connectivity index (χ3v) is 3.50. The summed E-state index contributed by atoms with van der Waals surface area (Å²) in [6.07, 6.45) is 5.76. The van der Waals surface area contributed by atoms with Crippen molar-refractivity contribution in [2.45, 2.75) is 65.9 Å². The molecule has 0 aromatic rings. The van der Waals surface area contributed by atoms with Gasteiger partial charge in [-0.25, -0.2) is 0 Å². The Morgan fingerprint density at radius 1 is 1.19 bits per heavy atom. The van der Waals surface area contributed by atoms with Crippen LogP contribution in [0.15, 0.2) is 0 Å². The lowest BCUT2D eigenvalue weighted by Gasteiger charge is -2.29. The van der Waals surface area contributed by atoms with E-state index in [0.29, 0.717) is 18.3 Å². The van der Waals surface area contributed by atoms with E-state index in [4.69, 9.17) is 4.74 Å². The van der Waals surface area contributed by atoms with Crippen molar-refractivity contribution in [3.05, 3.63) is 0 Å². The second-order valence-corrected chi connectivity index (χ2v) is 5.87. The van der Waals surface area contributed by atoms with Gasteiger partial charge in [0.05, 0.1) is 6.10 Å². The van der Waals surface area contributed by atoms with E-state index in [1.807, 2.05) is 13.8 Å². The lowest BCUT2D eigenvalue weighted by atomic mass is 9.75. The Morgan fingerprint density at radius 2 is 1.75 bits per heavy atom. The summed E-state index contributed by atoms with van der Waals surface area (Å²) in [5.74, 6) is 0.938. The summed E-state index contributed by atoms with van der Waals surface area (Å²) in [7, 11) is 0. The van der Waals surface area contributed by atoms with Crippen LogP contribution >= 0.6 is 0 Å². The zero-order valence-corrected chi connectivity index (χ0v) is 11.2. The van der Waals surface area contributed by atoms with E-state index in [0.717, 1.165) is 19.3 Å². The fourth-order valence-electron chi connectivity index (χ4n) is 2.83. The zero-order valence-electron chi connectivity index (χ0n) is 11.2. The van der Waals surface area contributed by atoms with Crippen LogP contribution in [-0.2, 0) is 9.53 Å². The molecule has 0 unspecified atom stereocenters. The van der Waals surface area contributed by atoms with Gasteiger partial charge in [-0.15, -0.1) is 0 Å². The topological polar surface area (TPSA) is 26.3 Å². The number of Topliss-reactive ketones (excluding diaryl/α,β-unsaturated/α-hetero) is 1. The van der Waals surface area contributed by atoms with Crippen molar-refractivity contribution in [3.8, 4) is 0 Å². The lowest BCUT2D eigenvalue weighted by Crippen LogP contribution is -2.33. The van der Waals surface area contributed by atoms with Crippen molar-refractivity contribution < 1.29 is 9.53 Å². The fraction of sp³-hybridized carbons (Fsp3) is 0.929. The molecule has 0 bridgehead atoms. The Balaban J connectivity index is 2.58. The highest BCUT2D eigenvalue weighted by molar-refractivity contribution is 5.86. The monoisotopic (exact) mass is 226 g/mol. The molecule has 0 aliphatic heterocycles. The summed E-state index contributed by atoms with van der Waals surface area (Å²) < 4.78 is 5.47. The van der Waals surface area contributed by atoms with E-state index in [1.165, 1.54) is 12.8 Å². The Hall–Kier alpha value is -0.370. The predicted octanol–water partition coefficient (Wildman–Crippen LogP) is 3.59. The van der Waals surface area contributed by atoms with E-state index >= 15 is 0 Å². The minimum atomic E-state index is -0.0525. The molecule has 0 saturated heterocycles.